The molecular formula is C19H16N2O3. The van der Waals surface area contributed by atoms with Crippen molar-refractivity contribution < 1.29 is 14.3 Å². The molecule has 0 amide bonds. The number of hydrogen-bond donors (Lipinski definition) is 0. The maximum absolute atomic E-state index is 11.9. The Balaban J connectivity index is 1.58. The number of carbonyl (C=O) groups is 1. The van der Waals surface area contributed by atoms with E-state index in [0.29, 0.717) is 4.73 Å². The molecule has 0 N–H and O–H groups in total. The highest BCUT2D eigenvalue weighted by Crippen LogP contribution is 2.19. The molecule has 24 heavy (non-hydrogen) atoms. The van der Waals surface area contributed by atoms with Crippen molar-refractivity contribution in [2.45, 2.75) is 13.0 Å². The lowest BCUT2D eigenvalue weighted by molar-refractivity contribution is -0.620. The second-order valence-corrected chi connectivity index (χ2v) is 5.26. The molecule has 5 nitrogen and oxygen atoms in total. The summed E-state index contributed by atoms with van der Waals surface area (Å²) in [5.41, 5.74) is 3.08. The highest BCUT2D eigenvalue weighted by molar-refractivity contribution is 5.73. The molecule has 0 unspecified atom stereocenters. The van der Waals surface area contributed by atoms with Crippen molar-refractivity contribution in [2.75, 3.05) is 0 Å². The van der Waals surface area contributed by atoms with Crippen LogP contribution in [0.25, 0.3) is 11.1 Å². The second kappa shape index (κ2) is 7.37. The topological polar surface area (TPSA) is 66.1 Å². The largest absolute Gasteiger partial charge is 0.711 e. The van der Waals surface area contributed by atoms with Gasteiger partial charge >= 0.3 is 11.8 Å². The molecule has 0 aliphatic rings. The Kier molecular flexibility index (Phi) is 4.81. The molecule has 2 aromatic carbocycles. The van der Waals surface area contributed by atoms with Crippen LogP contribution in [0.3, 0.4) is 0 Å². The van der Waals surface area contributed by atoms with Gasteiger partial charge in [0.1, 0.15) is 6.20 Å². The van der Waals surface area contributed by atoms with Crippen LogP contribution in [-0.4, -0.2) is 11.0 Å². The maximum Gasteiger partial charge on any atom is 0.339 e. The van der Waals surface area contributed by atoms with E-state index in [0.717, 1.165) is 16.7 Å². The van der Waals surface area contributed by atoms with Crippen LogP contribution in [0.5, 0.6) is 0 Å². The third kappa shape index (κ3) is 3.95. The average molecular weight is 320 g/mol. The van der Waals surface area contributed by atoms with E-state index >= 15 is 0 Å². The van der Waals surface area contributed by atoms with E-state index in [-0.39, 0.29) is 18.9 Å². The number of nitrogens with zero attached hydrogens (tertiary/aromatic N) is 2. The van der Waals surface area contributed by atoms with Crippen molar-refractivity contribution in [3.63, 3.8) is 0 Å². The summed E-state index contributed by atoms with van der Waals surface area (Å²) in [7, 11) is 0. The van der Waals surface area contributed by atoms with Gasteiger partial charge in [-0.2, -0.15) is 0 Å². The molecule has 0 bridgehead atoms. The van der Waals surface area contributed by atoms with Gasteiger partial charge in [0, 0.05) is 6.07 Å². The Morgan fingerprint density at radius 1 is 1.00 bits per heavy atom. The first-order valence-electron chi connectivity index (χ1n) is 7.55. The van der Waals surface area contributed by atoms with E-state index in [4.69, 9.17) is 4.74 Å². The van der Waals surface area contributed by atoms with Crippen LogP contribution in [0.4, 0.5) is 0 Å². The Hall–Kier alpha value is -3.21. The Bertz CT molecular complexity index is 818. The average Bonchev–Trinajstić information content (AvgIpc) is 2.62. The van der Waals surface area contributed by atoms with Crippen LogP contribution in [0.2, 0.25) is 0 Å². The van der Waals surface area contributed by atoms with Crippen molar-refractivity contribution in [2.24, 2.45) is 0 Å². The van der Waals surface area contributed by atoms with Gasteiger partial charge in [0.25, 0.3) is 0 Å². The monoisotopic (exact) mass is 320 g/mol. The van der Waals surface area contributed by atoms with Gasteiger partial charge in [-0.15, -0.1) is 0 Å². The van der Waals surface area contributed by atoms with E-state index in [9.17, 15) is 10.0 Å². The zero-order chi connectivity index (χ0) is 16.8. The quantitative estimate of drug-likeness (QED) is 0.412. The van der Waals surface area contributed by atoms with E-state index in [1.807, 2.05) is 54.6 Å². The normalized spacial score (nSPS) is 10.3. The van der Waals surface area contributed by atoms with Crippen LogP contribution in [0.1, 0.15) is 11.4 Å². The lowest BCUT2D eigenvalue weighted by Gasteiger charge is -2.07. The predicted molar refractivity (Wildman–Crippen MR) is 88.6 cm³/mol. The van der Waals surface area contributed by atoms with Crippen molar-refractivity contribution in [1.29, 1.82) is 0 Å². The second-order valence-electron chi connectivity index (χ2n) is 5.26. The molecule has 0 radical (unpaired) electrons. The molecule has 0 fully saturated rings. The summed E-state index contributed by atoms with van der Waals surface area (Å²) in [5.74, 6) is -0.238. The summed E-state index contributed by atoms with van der Waals surface area (Å²) in [6.45, 7) is -0.134. The van der Waals surface area contributed by atoms with Crippen LogP contribution in [-0.2, 0) is 22.6 Å². The lowest BCUT2D eigenvalue weighted by atomic mass is 10.0. The zero-order valence-corrected chi connectivity index (χ0v) is 13.0. The molecule has 0 saturated carbocycles. The fourth-order valence-electron chi connectivity index (χ4n) is 2.30. The number of ether oxygens (including phenoxy) is 1. The molecule has 0 saturated heterocycles. The maximum atomic E-state index is 11.9. The van der Waals surface area contributed by atoms with Gasteiger partial charge < -0.3 is 9.94 Å². The van der Waals surface area contributed by atoms with Crippen molar-refractivity contribution >= 4 is 5.97 Å². The first-order valence-corrected chi connectivity index (χ1v) is 7.55. The first kappa shape index (κ1) is 15.7. The smallest absolute Gasteiger partial charge is 0.339 e. The molecule has 0 aliphatic heterocycles. The lowest BCUT2D eigenvalue weighted by Crippen LogP contribution is -2.33. The van der Waals surface area contributed by atoms with Crippen molar-refractivity contribution in [3.8, 4) is 11.1 Å². The SMILES string of the molecule is O=C(Cc1ccc(-c2ccccc2)cc1)OCc1nccc[n+]1[O-]. The summed E-state index contributed by atoms with van der Waals surface area (Å²) in [6.07, 6.45) is 2.96. The minimum atomic E-state index is -0.395. The standard InChI is InChI=1S/C19H16N2O3/c22-19(24-14-18-20-11-4-12-21(18)23)13-15-7-9-17(10-8-15)16-5-2-1-3-6-16/h1-12H,13-14H2. The molecule has 3 aromatic rings. The molecule has 5 heteroatoms. The van der Waals surface area contributed by atoms with Gasteiger partial charge in [-0.05, 0) is 21.7 Å². The summed E-state index contributed by atoms with van der Waals surface area (Å²) < 4.78 is 5.69. The molecule has 0 spiro atoms. The Labute approximate surface area is 139 Å². The van der Waals surface area contributed by atoms with E-state index < -0.39 is 5.97 Å². The number of rotatable bonds is 5. The Morgan fingerprint density at radius 3 is 2.42 bits per heavy atom. The van der Waals surface area contributed by atoms with Crippen LogP contribution >= 0.6 is 0 Å². The number of carbonyl (C=O) groups excluding carboxylic acids is 1. The molecule has 0 atom stereocenters. The van der Waals surface area contributed by atoms with Gasteiger partial charge in [0.15, 0.2) is 6.61 Å². The van der Waals surface area contributed by atoms with Crippen LogP contribution in [0.15, 0.2) is 73.1 Å². The fraction of sp³-hybridized carbons (Fsp3) is 0.105. The third-order valence-corrected chi connectivity index (χ3v) is 3.56. The highest BCUT2D eigenvalue weighted by Gasteiger charge is 2.11. The van der Waals surface area contributed by atoms with Gasteiger partial charge in [-0.3, -0.25) is 4.79 Å². The van der Waals surface area contributed by atoms with Gasteiger partial charge in [0.2, 0.25) is 0 Å². The molecule has 3 rings (SSSR count). The zero-order valence-electron chi connectivity index (χ0n) is 13.0. The first-order chi connectivity index (χ1) is 11.7. The summed E-state index contributed by atoms with van der Waals surface area (Å²) in [6, 6.07) is 19.3. The van der Waals surface area contributed by atoms with Gasteiger partial charge in [-0.25, -0.2) is 4.73 Å². The molecule has 0 aliphatic carbocycles. The van der Waals surface area contributed by atoms with Crippen LogP contribution in [0, 0.1) is 5.21 Å². The van der Waals surface area contributed by atoms with E-state index in [1.54, 1.807) is 0 Å². The number of benzene rings is 2. The summed E-state index contributed by atoms with van der Waals surface area (Å²) >= 11 is 0. The predicted octanol–water partition coefficient (Wildman–Crippen LogP) is 2.67. The van der Waals surface area contributed by atoms with E-state index in [2.05, 4.69) is 4.98 Å². The minimum Gasteiger partial charge on any atom is -0.711 e. The summed E-state index contributed by atoms with van der Waals surface area (Å²) in [5, 5.41) is 11.4. The number of esters is 1. The van der Waals surface area contributed by atoms with Crippen molar-refractivity contribution in [3.05, 3.63) is 89.7 Å². The third-order valence-electron chi connectivity index (χ3n) is 3.56. The van der Waals surface area contributed by atoms with Crippen LogP contribution < -0.4 is 4.73 Å². The fourth-order valence-corrected chi connectivity index (χ4v) is 2.30. The Morgan fingerprint density at radius 2 is 1.71 bits per heavy atom. The number of hydrogen-bond acceptors (Lipinski definition) is 4. The van der Waals surface area contributed by atoms with E-state index in [1.165, 1.54) is 18.5 Å². The van der Waals surface area contributed by atoms with Gasteiger partial charge in [-0.1, -0.05) is 54.6 Å². The summed E-state index contributed by atoms with van der Waals surface area (Å²) in [4.78, 5) is 15.8. The molecule has 120 valence electrons. The number of aromatic nitrogens is 2. The minimum absolute atomic E-state index is 0.134. The molecule has 1 aromatic heterocycles. The highest BCUT2D eigenvalue weighted by atomic mass is 16.5. The molecular weight excluding hydrogens is 304 g/mol. The van der Waals surface area contributed by atoms with Gasteiger partial charge in [0.05, 0.1) is 12.6 Å². The molecule has 1 heterocycles. The van der Waals surface area contributed by atoms with Crippen molar-refractivity contribution in [1.82, 2.24) is 4.98 Å².